The fourth-order valence-corrected chi connectivity index (χ4v) is 2.70. The predicted octanol–water partition coefficient (Wildman–Crippen LogP) is 2.19. The lowest BCUT2D eigenvalue weighted by Gasteiger charge is -2.37. The van der Waals surface area contributed by atoms with E-state index in [4.69, 9.17) is 10.00 Å². The summed E-state index contributed by atoms with van der Waals surface area (Å²) in [4.78, 5) is 14.5. The molecule has 0 saturated carbocycles. The molecule has 2 rings (SSSR count). The van der Waals surface area contributed by atoms with Gasteiger partial charge in [0.1, 0.15) is 11.8 Å². The van der Waals surface area contributed by atoms with Crippen LogP contribution in [0.15, 0.2) is 24.3 Å². The van der Waals surface area contributed by atoms with Crippen LogP contribution in [0.3, 0.4) is 0 Å². The topological polar surface area (TPSA) is 73.6 Å². The van der Waals surface area contributed by atoms with Crippen LogP contribution in [0.25, 0.3) is 0 Å². The standard InChI is InChI=1S/C18H24N2O3/c1-12(2)17(23-16-7-5-4-6-14(16)10-19)18(22)20-9-8-13(3)15(21)11-20/h4-7,12-13,15,17,21H,8-9,11H2,1-3H3. The second kappa shape index (κ2) is 7.47. The number of hydrogen-bond acceptors (Lipinski definition) is 4. The van der Waals surface area contributed by atoms with Crippen molar-refractivity contribution in [2.45, 2.75) is 39.4 Å². The molecule has 3 atom stereocenters. The van der Waals surface area contributed by atoms with Gasteiger partial charge in [-0.25, -0.2) is 0 Å². The number of benzene rings is 1. The van der Waals surface area contributed by atoms with Gasteiger partial charge in [0.2, 0.25) is 0 Å². The van der Waals surface area contributed by atoms with Crippen LogP contribution >= 0.6 is 0 Å². The molecule has 0 spiro atoms. The molecule has 0 aliphatic carbocycles. The summed E-state index contributed by atoms with van der Waals surface area (Å²) in [6.45, 7) is 6.79. The van der Waals surface area contributed by atoms with Crippen molar-refractivity contribution in [3.8, 4) is 11.8 Å². The number of β-amino-alcohol motifs (C(OH)–C–C–N with tert-alkyl or cyclic N) is 1. The monoisotopic (exact) mass is 316 g/mol. The minimum Gasteiger partial charge on any atom is -0.479 e. The van der Waals surface area contributed by atoms with E-state index in [1.165, 1.54) is 0 Å². The third-order valence-electron chi connectivity index (χ3n) is 4.34. The summed E-state index contributed by atoms with van der Waals surface area (Å²) in [7, 11) is 0. The van der Waals surface area contributed by atoms with Crippen molar-refractivity contribution in [2.75, 3.05) is 13.1 Å². The van der Waals surface area contributed by atoms with Crippen LogP contribution < -0.4 is 4.74 Å². The van der Waals surface area contributed by atoms with Gasteiger partial charge in [0.25, 0.3) is 5.91 Å². The van der Waals surface area contributed by atoms with Crippen LogP contribution in [0.5, 0.6) is 5.75 Å². The first-order valence-electron chi connectivity index (χ1n) is 8.06. The first kappa shape index (κ1) is 17.3. The van der Waals surface area contributed by atoms with Crippen molar-refractivity contribution >= 4 is 5.91 Å². The van der Waals surface area contributed by atoms with E-state index >= 15 is 0 Å². The Kier molecular flexibility index (Phi) is 5.62. The highest BCUT2D eigenvalue weighted by molar-refractivity contribution is 5.81. The van der Waals surface area contributed by atoms with Crippen molar-refractivity contribution < 1.29 is 14.6 Å². The first-order chi connectivity index (χ1) is 10.9. The number of likely N-dealkylation sites (tertiary alicyclic amines) is 1. The zero-order valence-corrected chi connectivity index (χ0v) is 13.9. The quantitative estimate of drug-likeness (QED) is 0.924. The van der Waals surface area contributed by atoms with Crippen LogP contribution in [0, 0.1) is 23.2 Å². The molecule has 0 radical (unpaired) electrons. The van der Waals surface area contributed by atoms with Gasteiger partial charge in [-0.05, 0) is 30.4 Å². The van der Waals surface area contributed by atoms with Gasteiger partial charge in [0.05, 0.1) is 11.7 Å². The highest BCUT2D eigenvalue weighted by atomic mass is 16.5. The Labute approximate surface area is 137 Å². The number of rotatable bonds is 4. The number of aliphatic hydroxyl groups excluding tert-OH is 1. The molecule has 1 heterocycles. The summed E-state index contributed by atoms with van der Waals surface area (Å²) < 4.78 is 5.88. The molecule has 124 valence electrons. The molecule has 1 fully saturated rings. The lowest BCUT2D eigenvalue weighted by Crippen LogP contribution is -2.51. The highest BCUT2D eigenvalue weighted by Crippen LogP contribution is 2.24. The maximum absolute atomic E-state index is 12.8. The zero-order chi connectivity index (χ0) is 17.0. The van der Waals surface area contributed by atoms with Crippen LogP contribution in [-0.2, 0) is 4.79 Å². The smallest absolute Gasteiger partial charge is 0.264 e. The summed E-state index contributed by atoms with van der Waals surface area (Å²) in [6, 6.07) is 9.00. The number of amides is 1. The van der Waals surface area contributed by atoms with E-state index in [0.29, 0.717) is 24.4 Å². The molecule has 1 N–H and O–H groups in total. The molecular weight excluding hydrogens is 292 g/mol. The number of aliphatic hydroxyl groups is 1. The molecule has 0 bridgehead atoms. The van der Waals surface area contributed by atoms with Crippen LogP contribution in [0.2, 0.25) is 0 Å². The highest BCUT2D eigenvalue weighted by Gasteiger charge is 2.34. The molecule has 1 aliphatic rings. The van der Waals surface area contributed by atoms with E-state index in [2.05, 4.69) is 6.07 Å². The Morgan fingerprint density at radius 1 is 1.43 bits per heavy atom. The average molecular weight is 316 g/mol. The maximum Gasteiger partial charge on any atom is 0.264 e. The van der Waals surface area contributed by atoms with E-state index in [-0.39, 0.29) is 17.7 Å². The first-order valence-corrected chi connectivity index (χ1v) is 8.06. The molecule has 5 heteroatoms. The number of nitriles is 1. The fraction of sp³-hybridized carbons (Fsp3) is 0.556. The maximum atomic E-state index is 12.8. The molecule has 1 saturated heterocycles. The third-order valence-corrected chi connectivity index (χ3v) is 4.34. The van der Waals surface area contributed by atoms with E-state index in [9.17, 15) is 9.90 Å². The third kappa shape index (κ3) is 4.02. The summed E-state index contributed by atoms with van der Waals surface area (Å²) in [5.41, 5.74) is 0.415. The lowest BCUT2D eigenvalue weighted by atomic mass is 9.95. The van der Waals surface area contributed by atoms with Crippen LogP contribution in [0.1, 0.15) is 32.8 Å². The molecule has 1 aromatic carbocycles. The predicted molar refractivity (Wildman–Crippen MR) is 86.8 cm³/mol. The number of ether oxygens (including phenoxy) is 1. The molecule has 0 aromatic heterocycles. The van der Waals surface area contributed by atoms with Gasteiger partial charge < -0.3 is 14.7 Å². The Morgan fingerprint density at radius 2 is 2.13 bits per heavy atom. The van der Waals surface area contributed by atoms with Crippen molar-refractivity contribution in [1.82, 2.24) is 4.90 Å². The number of hydrogen-bond donors (Lipinski definition) is 1. The second-order valence-corrected chi connectivity index (χ2v) is 6.51. The largest absolute Gasteiger partial charge is 0.479 e. The van der Waals surface area contributed by atoms with E-state index in [1.54, 1.807) is 29.2 Å². The second-order valence-electron chi connectivity index (χ2n) is 6.51. The normalized spacial score (nSPS) is 22.5. The van der Waals surface area contributed by atoms with Crippen molar-refractivity contribution in [2.24, 2.45) is 11.8 Å². The number of nitrogens with zero attached hydrogens (tertiary/aromatic N) is 2. The zero-order valence-electron chi connectivity index (χ0n) is 13.9. The number of carbonyl (C=O) groups excluding carboxylic acids is 1. The van der Waals surface area contributed by atoms with Crippen molar-refractivity contribution in [3.63, 3.8) is 0 Å². The molecule has 1 amide bonds. The Hall–Kier alpha value is -2.06. The molecule has 1 aromatic rings. The number of carbonyl (C=O) groups is 1. The summed E-state index contributed by atoms with van der Waals surface area (Å²) in [5.74, 6) is 0.467. The molecule has 5 nitrogen and oxygen atoms in total. The van der Waals surface area contributed by atoms with Gasteiger partial charge in [-0.2, -0.15) is 5.26 Å². The van der Waals surface area contributed by atoms with Gasteiger partial charge in [-0.15, -0.1) is 0 Å². The van der Waals surface area contributed by atoms with E-state index in [1.807, 2.05) is 20.8 Å². The minimum atomic E-state index is -0.662. The van der Waals surface area contributed by atoms with Gasteiger partial charge in [0, 0.05) is 13.1 Å². The molecule has 3 unspecified atom stereocenters. The van der Waals surface area contributed by atoms with Crippen LogP contribution in [-0.4, -0.2) is 41.2 Å². The average Bonchev–Trinajstić information content (AvgIpc) is 2.54. The summed E-state index contributed by atoms with van der Waals surface area (Å²) in [5, 5.41) is 19.2. The van der Waals surface area contributed by atoms with E-state index in [0.717, 1.165) is 6.42 Å². The Bertz CT molecular complexity index is 594. The van der Waals surface area contributed by atoms with Crippen molar-refractivity contribution in [3.05, 3.63) is 29.8 Å². The molecule has 23 heavy (non-hydrogen) atoms. The minimum absolute atomic E-state index is 0.0364. The molecule has 1 aliphatic heterocycles. The number of para-hydroxylation sites is 1. The number of piperidine rings is 1. The SMILES string of the molecule is CC(C)C(Oc1ccccc1C#N)C(=O)N1CCC(C)C(O)C1. The Morgan fingerprint density at radius 3 is 2.74 bits per heavy atom. The lowest BCUT2D eigenvalue weighted by molar-refractivity contribution is -0.145. The summed E-state index contributed by atoms with van der Waals surface area (Å²) in [6.07, 6.45) is -0.371. The van der Waals surface area contributed by atoms with Gasteiger partial charge in [0.15, 0.2) is 6.10 Å². The van der Waals surface area contributed by atoms with Crippen LogP contribution in [0.4, 0.5) is 0 Å². The molecular formula is C18H24N2O3. The summed E-state index contributed by atoms with van der Waals surface area (Å²) >= 11 is 0. The fourth-order valence-electron chi connectivity index (χ4n) is 2.70. The van der Waals surface area contributed by atoms with Gasteiger partial charge in [-0.1, -0.05) is 32.9 Å². The van der Waals surface area contributed by atoms with E-state index < -0.39 is 12.2 Å². The van der Waals surface area contributed by atoms with Gasteiger partial charge in [-0.3, -0.25) is 4.79 Å². The van der Waals surface area contributed by atoms with Crippen molar-refractivity contribution in [1.29, 1.82) is 5.26 Å². The van der Waals surface area contributed by atoms with Gasteiger partial charge >= 0.3 is 0 Å². The Balaban J connectivity index is 2.15.